The highest BCUT2D eigenvalue weighted by molar-refractivity contribution is 7.20. The summed E-state index contributed by atoms with van der Waals surface area (Å²) in [6, 6.07) is 0. The number of anilines is 1. The second kappa shape index (κ2) is 9.48. The molecule has 5 rings (SSSR count). The van der Waals surface area contributed by atoms with E-state index in [-0.39, 0.29) is 17.4 Å². The highest BCUT2D eigenvalue weighted by atomic mass is 32.1. The van der Waals surface area contributed by atoms with Crippen LogP contribution in [-0.4, -0.2) is 49.9 Å². The maximum absolute atomic E-state index is 13.0. The Kier molecular flexibility index (Phi) is 6.42. The lowest BCUT2D eigenvalue weighted by atomic mass is 9.97. The number of amides is 1. The molecule has 0 radical (unpaired) electrons. The van der Waals surface area contributed by atoms with E-state index >= 15 is 0 Å². The first-order valence-electron chi connectivity index (χ1n) is 12.4. The largest absolute Gasteiger partial charge is 0.355 e. The Morgan fingerprint density at radius 3 is 2.79 bits per heavy atom. The number of carbonyl (C=O) groups is 1. The zero-order valence-electron chi connectivity index (χ0n) is 20.3. The molecule has 10 heteroatoms. The molecule has 9 nitrogen and oxygen atoms in total. The molecule has 1 aliphatic heterocycles. The number of hydrogen-bond acceptors (Lipinski definition) is 7. The third-order valence-corrected chi connectivity index (χ3v) is 8.21. The summed E-state index contributed by atoms with van der Waals surface area (Å²) in [4.78, 5) is 33.4. The van der Waals surface area contributed by atoms with Gasteiger partial charge in [0.15, 0.2) is 0 Å². The van der Waals surface area contributed by atoms with Gasteiger partial charge in [0, 0.05) is 37.4 Å². The van der Waals surface area contributed by atoms with Crippen LogP contribution in [0, 0.1) is 19.8 Å². The molecular weight excluding hydrogens is 450 g/mol. The number of aryl methyl sites for hydroxylation is 3. The third-order valence-electron chi connectivity index (χ3n) is 7.24. The van der Waals surface area contributed by atoms with Gasteiger partial charge >= 0.3 is 0 Å². The fraction of sp³-hybridized carbons (Fsp3) is 0.625. The van der Waals surface area contributed by atoms with Crippen molar-refractivity contribution in [2.24, 2.45) is 5.92 Å². The van der Waals surface area contributed by atoms with Crippen LogP contribution in [0.15, 0.2) is 4.79 Å². The Morgan fingerprint density at radius 1 is 1.18 bits per heavy atom. The molecule has 1 aliphatic carbocycles. The van der Waals surface area contributed by atoms with Crippen LogP contribution < -0.4 is 15.8 Å². The van der Waals surface area contributed by atoms with Gasteiger partial charge in [-0.1, -0.05) is 11.3 Å². The molecule has 1 fully saturated rings. The Balaban J connectivity index is 1.24. The lowest BCUT2D eigenvalue weighted by molar-refractivity contribution is -0.125. The van der Waals surface area contributed by atoms with Crippen LogP contribution in [0.4, 0.5) is 5.13 Å². The van der Waals surface area contributed by atoms with E-state index in [9.17, 15) is 9.59 Å². The molecule has 0 saturated carbocycles. The zero-order chi connectivity index (χ0) is 23.8. The first kappa shape index (κ1) is 23.0. The molecule has 0 aromatic carbocycles. The van der Waals surface area contributed by atoms with Gasteiger partial charge in [-0.25, -0.2) is 4.98 Å². The molecule has 3 aromatic heterocycles. The van der Waals surface area contributed by atoms with Crippen molar-refractivity contribution >= 4 is 27.3 Å². The van der Waals surface area contributed by atoms with E-state index < -0.39 is 0 Å². The standard InChI is InChI=1S/C24H33N7O2S/c1-4-30-16(3)18(15(2)27-30)11-12-25-21(32)17-8-7-13-29(14-17)24-28-31-22(33)19-9-5-6-10-20(19)26-23(31)34-24/h17H,4-14H2,1-3H3,(H,25,32)/t17-/m1/s1. The van der Waals surface area contributed by atoms with E-state index in [1.807, 2.05) is 11.6 Å². The van der Waals surface area contributed by atoms with E-state index in [2.05, 4.69) is 34.3 Å². The Morgan fingerprint density at radius 2 is 2.00 bits per heavy atom. The number of fused-ring (bicyclic) bond motifs is 2. The molecule has 182 valence electrons. The molecule has 3 aromatic rings. The maximum atomic E-state index is 13.0. The van der Waals surface area contributed by atoms with E-state index in [0.29, 0.717) is 18.1 Å². The van der Waals surface area contributed by atoms with Crippen molar-refractivity contribution in [3.8, 4) is 0 Å². The number of nitrogens with one attached hydrogen (secondary N) is 1. The SMILES string of the molecule is CCn1nc(C)c(CCNC(=O)[C@@H]2CCCN(c3nn4c(=O)c5c(nc4s3)CCCC5)C2)c1C. The predicted molar refractivity (Wildman–Crippen MR) is 133 cm³/mol. The average molecular weight is 484 g/mol. The number of hydrogen-bond donors (Lipinski definition) is 1. The summed E-state index contributed by atoms with van der Waals surface area (Å²) in [5.41, 5.74) is 5.19. The highest BCUT2D eigenvalue weighted by Crippen LogP contribution is 2.28. The van der Waals surface area contributed by atoms with Crippen molar-refractivity contribution in [2.75, 3.05) is 24.5 Å². The molecule has 2 aliphatic rings. The van der Waals surface area contributed by atoms with Gasteiger partial charge in [-0.2, -0.15) is 9.61 Å². The lowest BCUT2D eigenvalue weighted by Crippen LogP contribution is -2.43. The molecule has 1 atom stereocenters. The summed E-state index contributed by atoms with van der Waals surface area (Å²) < 4.78 is 3.48. The first-order valence-corrected chi connectivity index (χ1v) is 13.2. The van der Waals surface area contributed by atoms with Crippen LogP contribution in [0.2, 0.25) is 0 Å². The number of nitrogens with zero attached hydrogens (tertiary/aromatic N) is 6. The van der Waals surface area contributed by atoms with Gasteiger partial charge in [-0.3, -0.25) is 14.3 Å². The summed E-state index contributed by atoms with van der Waals surface area (Å²) in [7, 11) is 0. The number of carbonyl (C=O) groups excluding carboxylic acids is 1. The highest BCUT2D eigenvalue weighted by Gasteiger charge is 2.28. The van der Waals surface area contributed by atoms with Crippen molar-refractivity contribution in [2.45, 2.75) is 72.3 Å². The second-order valence-electron chi connectivity index (χ2n) is 9.42. The molecule has 0 unspecified atom stereocenters. The van der Waals surface area contributed by atoms with Crippen LogP contribution in [0.5, 0.6) is 0 Å². The summed E-state index contributed by atoms with van der Waals surface area (Å²) >= 11 is 1.45. The maximum Gasteiger partial charge on any atom is 0.278 e. The third kappa shape index (κ3) is 4.23. The summed E-state index contributed by atoms with van der Waals surface area (Å²) in [6.45, 7) is 9.13. The van der Waals surface area contributed by atoms with E-state index in [4.69, 9.17) is 4.98 Å². The minimum Gasteiger partial charge on any atom is -0.355 e. The number of rotatable bonds is 6. The van der Waals surface area contributed by atoms with Gasteiger partial charge in [0.2, 0.25) is 16.0 Å². The average Bonchev–Trinajstić information content (AvgIpc) is 3.40. The molecule has 1 amide bonds. The van der Waals surface area contributed by atoms with Crippen molar-refractivity contribution in [3.63, 3.8) is 0 Å². The second-order valence-corrected chi connectivity index (χ2v) is 10.4. The van der Waals surface area contributed by atoms with Gasteiger partial charge in [0.25, 0.3) is 5.56 Å². The molecule has 1 saturated heterocycles. The van der Waals surface area contributed by atoms with Crippen molar-refractivity contribution < 1.29 is 4.79 Å². The monoisotopic (exact) mass is 483 g/mol. The lowest BCUT2D eigenvalue weighted by Gasteiger charge is -2.31. The quantitative estimate of drug-likeness (QED) is 0.578. The van der Waals surface area contributed by atoms with E-state index in [1.54, 1.807) is 0 Å². The number of piperidine rings is 1. The number of aromatic nitrogens is 5. The van der Waals surface area contributed by atoms with Crippen LogP contribution in [0.1, 0.15) is 60.8 Å². The van der Waals surface area contributed by atoms with E-state index in [1.165, 1.54) is 27.1 Å². The summed E-state index contributed by atoms with van der Waals surface area (Å²) in [6.07, 6.45) is 6.37. The minimum absolute atomic E-state index is 0.0227. The first-order chi connectivity index (χ1) is 16.5. The van der Waals surface area contributed by atoms with Crippen LogP contribution in [0.3, 0.4) is 0 Å². The molecular formula is C24H33N7O2S. The van der Waals surface area contributed by atoms with Crippen molar-refractivity contribution in [1.29, 1.82) is 0 Å². The van der Waals surface area contributed by atoms with Gasteiger partial charge in [-0.05, 0) is 71.3 Å². The van der Waals surface area contributed by atoms with Gasteiger partial charge in [-0.15, -0.1) is 5.10 Å². The van der Waals surface area contributed by atoms with Gasteiger partial charge in [0.1, 0.15) is 0 Å². The van der Waals surface area contributed by atoms with Crippen LogP contribution >= 0.6 is 11.3 Å². The Bertz CT molecular complexity index is 1270. The molecule has 4 heterocycles. The Labute approximate surface area is 203 Å². The topological polar surface area (TPSA) is 97.4 Å². The van der Waals surface area contributed by atoms with Crippen molar-refractivity contribution in [1.82, 2.24) is 29.7 Å². The molecule has 34 heavy (non-hydrogen) atoms. The van der Waals surface area contributed by atoms with E-state index in [0.717, 1.165) is 80.1 Å². The smallest absolute Gasteiger partial charge is 0.278 e. The predicted octanol–water partition coefficient (Wildman–Crippen LogP) is 2.44. The van der Waals surface area contributed by atoms with Gasteiger partial charge in [0.05, 0.1) is 17.3 Å². The fourth-order valence-corrected chi connectivity index (χ4v) is 6.26. The summed E-state index contributed by atoms with van der Waals surface area (Å²) in [5.74, 6) is 0.00830. The Hall–Kier alpha value is -2.75. The molecule has 1 N–H and O–H groups in total. The summed E-state index contributed by atoms with van der Waals surface area (Å²) in [5, 5.41) is 13.1. The van der Waals surface area contributed by atoms with Gasteiger partial charge < -0.3 is 10.2 Å². The van der Waals surface area contributed by atoms with Crippen molar-refractivity contribution in [3.05, 3.63) is 38.6 Å². The minimum atomic E-state index is -0.0841. The molecule has 0 bridgehead atoms. The zero-order valence-corrected chi connectivity index (χ0v) is 21.1. The fourth-order valence-electron chi connectivity index (χ4n) is 5.31. The van der Waals surface area contributed by atoms with Crippen LogP contribution in [-0.2, 0) is 30.6 Å². The van der Waals surface area contributed by atoms with Crippen LogP contribution in [0.25, 0.3) is 4.96 Å². The molecule has 0 spiro atoms. The normalized spacial score (nSPS) is 18.3.